The maximum Gasteiger partial charge on any atom is 0.472 e. The Kier molecular flexibility index (Phi) is 86.7. The average molecular weight is 1680 g/mol. The Labute approximate surface area is 714 Å². The smallest absolute Gasteiger partial charge is 0.463 e. The van der Waals surface area contributed by atoms with Crippen molar-refractivity contribution in [3.05, 3.63) is 158 Å². The molecule has 0 heterocycles. The first-order chi connectivity index (χ1) is 57.2. The minimum Gasteiger partial charge on any atom is -0.463 e. The normalized spacial score (nSPS) is 14.5. The van der Waals surface area contributed by atoms with Gasteiger partial charge < -0.3 is 34.2 Å². The number of unbranched alkanes of at least 4 members (excludes halogenated alkanes) is 39. The number of hydrogen-bond donors (Lipinski definition) is 4. The summed E-state index contributed by atoms with van der Waals surface area (Å²) in [5, 5.41) is 20.7. The van der Waals surface area contributed by atoms with Crippen LogP contribution in [0, 0.1) is 0 Å². The molecule has 0 aliphatic rings. The second-order valence-electron chi connectivity index (χ2n) is 31.0. The van der Waals surface area contributed by atoms with Crippen LogP contribution in [0.5, 0.6) is 0 Å². The van der Waals surface area contributed by atoms with Crippen molar-refractivity contribution in [2.45, 2.75) is 411 Å². The Morgan fingerprint density at radius 2 is 0.453 bits per heavy atom. The first-order valence-corrected chi connectivity index (χ1v) is 49.8. The molecule has 0 spiro atoms. The highest BCUT2D eigenvalue weighted by Gasteiger charge is 2.29. The molecule has 4 N–H and O–H groups in total. The summed E-state index contributed by atoms with van der Waals surface area (Å²) in [5.74, 6) is -1.58. The molecule has 5 atom stereocenters. The third kappa shape index (κ3) is 91.7. The molecule has 0 radical (unpaired) electrons. The second kappa shape index (κ2) is 90.4. The highest BCUT2D eigenvalue weighted by molar-refractivity contribution is 7.47. The van der Waals surface area contributed by atoms with E-state index in [9.17, 15) is 43.5 Å². The maximum atomic E-state index is 13.0. The second-order valence-corrected chi connectivity index (χ2v) is 34.0. The molecule has 5 unspecified atom stereocenters. The fourth-order valence-corrected chi connectivity index (χ4v) is 14.3. The Balaban J connectivity index is 4.43. The lowest BCUT2D eigenvalue weighted by molar-refractivity contribution is -0.161. The zero-order chi connectivity index (χ0) is 85.1. The summed E-state index contributed by atoms with van der Waals surface area (Å²) in [5.41, 5.74) is 0. The van der Waals surface area contributed by atoms with Gasteiger partial charge >= 0.3 is 33.6 Å². The van der Waals surface area contributed by atoms with Gasteiger partial charge in [0.25, 0.3) is 0 Å². The highest BCUT2D eigenvalue weighted by Crippen LogP contribution is 2.45. The van der Waals surface area contributed by atoms with E-state index in [1.807, 2.05) is 0 Å². The molecular weight excluding hydrogens is 1510 g/mol. The number of carbonyl (C=O) groups is 3. The van der Waals surface area contributed by atoms with Crippen LogP contribution in [0.4, 0.5) is 0 Å². The molecule has 0 saturated heterocycles. The molecule has 0 aromatic heterocycles. The lowest BCUT2D eigenvalue weighted by Crippen LogP contribution is -2.30. The lowest BCUT2D eigenvalue weighted by atomic mass is 10.0. The number of aliphatic hydroxyl groups excluding tert-OH is 2. The van der Waals surface area contributed by atoms with E-state index >= 15 is 0 Å². The van der Waals surface area contributed by atoms with Gasteiger partial charge in [-0.1, -0.05) is 384 Å². The summed E-state index contributed by atoms with van der Waals surface area (Å²) in [6.07, 6.45) is 116. The number of esters is 3. The van der Waals surface area contributed by atoms with Crippen LogP contribution < -0.4 is 0 Å². The molecule has 0 saturated carbocycles. The molecule has 0 aromatic carbocycles. The summed E-state index contributed by atoms with van der Waals surface area (Å²) < 4.78 is 61.4. The zero-order valence-corrected chi connectivity index (χ0v) is 75.9. The van der Waals surface area contributed by atoms with Crippen molar-refractivity contribution in [2.24, 2.45) is 0 Å². The average Bonchev–Trinajstić information content (AvgIpc) is 0.886. The molecule has 117 heavy (non-hydrogen) atoms. The van der Waals surface area contributed by atoms with Crippen LogP contribution >= 0.6 is 15.6 Å². The topological polar surface area (TPSA) is 231 Å². The van der Waals surface area contributed by atoms with E-state index in [1.54, 1.807) is 0 Å². The van der Waals surface area contributed by atoms with Gasteiger partial charge in [0, 0.05) is 19.3 Å². The van der Waals surface area contributed by atoms with Crippen molar-refractivity contribution in [2.75, 3.05) is 39.6 Å². The molecule has 0 aromatic rings. The van der Waals surface area contributed by atoms with Crippen molar-refractivity contribution in [1.29, 1.82) is 0 Å². The number of aliphatic hydroxyl groups is 2. The number of carbonyl (C=O) groups excluding carboxylic acids is 3. The molecule has 0 fully saturated rings. The Morgan fingerprint density at radius 3 is 0.718 bits per heavy atom. The van der Waals surface area contributed by atoms with Crippen molar-refractivity contribution < 1.29 is 75.8 Å². The number of allylic oxidation sites excluding steroid dienone is 26. The van der Waals surface area contributed by atoms with Crippen LogP contribution in [0.1, 0.15) is 393 Å². The van der Waals surface area contributed by atoms with E-state index in [4.69, 9.17) is 32.3 Å². The van der Waals surface area contributed by atoms with Crippen molar-refractivity contribution in [1.82, 2.24) is 0 Å². The van der Waals surface area contributed by atoms with Crippen LogP contribution in [0.3, 0.4) is 0 Å². The van der Waals surface area contributed by atoms with Gasteiger partial charge in [-0.2, -0.15) is 0 Å². The quantitative estimate of drug-likeness (QED) is 0.0146. The first kappa shape index (κ1) is 112. The molecular formula is C99H170O16P2. The third-order valence-corrected chi connectivity index (χ3v) is 21.6. The lowest BCUT2D eigenvalue weighted by Gasteiger charge is -2.21. The predicted molar refractivity (Wildman–Crippen MR) is 491 cm³/mol. The van der Waals surface area contributed by atoms with Crippen LogP contribution in [0.2, 0.25) is 0 Å². The fraction of sp³-hybridized carbons (Fsp3) is 0.707. The van der Waals surface area contributed by atoms with Gasteiger partial charge in [0.1, 0.15) is 25.4 Å². The minimum absolute atomic E-state index is 0.0837. The number of ether oxygens (including phenoxy) is 3. The number of rotatable bonds is 88. The summed E-state index contributed by atoms with van der Waals surface area (Å²) in [6.45, 7) is 2.45. The van der Waals surface area contributed by atoms with Gasteiger partial charge in [-0.3, -0.25) is 32.5 Å². The maximum absolute atomic E-state index is 13.0. The molecule has 0 aliphatic carbocycles. The van der Waals surface area contributed by atoms with E-state index in [2.05, 4.69) is 179 Å². The summed E-state index contributed by atoms with van der Waals surface area (Å²) in [6, 6.07) is 0. The minimum atomic E-state index is -4.94. The van der Waals surface area contributed by atoms with Crippen LogP contribution in [-0.2, 0) is 55.8 Å². The largest absolute Gasteiger partial charge is 0.472 e. The van der Waals surface area contributed by atoms with E-state index in [1.165, 1.54) is 186 Å². The van der Waals surface area contributed by atoms with Gasteiger partial charge in [0.05, 0.1) is 26.4 Å². The van der Waals surface area contributed by atoms with Crippen LogP contribution in [0.15, 0.2) is 158 Å². The van der Waals surface area contributed by atoms with E-state index in [0.717, 1.165) is 148 Å². The summed E-state index contributed by atoms with van der Waals surface area (Å²) in [4.78, 5) is 58.9. The van der Waals surface area contributed by atoms with Crippen molar-refractivity contribution in [3.63, 3.8) is 0 Å². The van der Waals surface area contributed by atoms with Crippen molar-refractivity contribution in [3.8, 4) is 0 Å². The van der Waals surface area contributed by atoms with Gasteiger partial charge in [-0.05, 0) is 148 Å². The van der Waals surface area contributed by atoms with Crippen molar-refractivity contribution >= 4 is 33.6 Å². The summed E-state index contributed by atoms with van der Waals surface area (Å²) >= 11 is 0. The van der Waals surface area contributed by atoms with Gasteiger partial charge in [0.2, 0.25) is 0 Å². The molecule has 0 aliphatic heterocycles. The zero-order valence-electron chi connectivity index (χ0n) is 74.1. The molecule has 672 valence electrons. The molecule has 16 nitrogen and oxygen atoms in total. The molecule has 18 heteroatoms. The first-order valence-electron chi connectivity index (χ1n) is 46.8. The van der Waals surface area contributed by atoms with E-state index in [0.29, 0.717) is 19.3 Å². The number of phosphoric acid groups is 2. The number of phosphoric ester groups is 2. The molecule has 0 bridgehead atoms. The van der Waals surface area contributed by atoms with Crippen LogP contribution in [0.25, 0.3) is 0 Å². The SMILES string of the molecule is CC/C=C\C/C=C\C/C=C\C/C=C\C/C=C\C/C=C\CCCCCCCCCCCCCCCCCCC(=O)OCC(O)COP(=O)(O)OCC(O)COP(=O)(O)OCC(COC(=O)CCCCCCCCCCCCCCCCC/C=C\C/C=C\C/C=C\C/C=C\CCCCC)OC(=O)CCCCCCC/C=C\C/C=C\C/C=C\CC. The predicted octanol–water partition coefficient (Wildman–Crippen LogP) is 28.9. The fourth-order valence-electron chi connectivity index (χ4n) is 12.7. The van der Waals surface area contributed by atoms with E-state index in [-0.39, 0.29) is 19.3 Å². The Hall–Kier alpha value is -4.83. The Morgan fingerprint density at radius 1 is 0.248 bits per heavy atom. The Bertz CT molecular complexity index is 2760. The number of hydrogen-bond acceptors (Lipinski definition) is 14. The highest BCUT2D eigenvalue weighted by atomic mass is 31.2. The van der Waals surface area contributed by atoms with E-state index < -0.39 is 91.5 Å². The monoisotopic (exact) mass is 1680 g/mol. The molecule has 0 rings (SSSR count). The van der Waals surface area contributed by atoms with Crippen LogP contribution in [-0.4, -0.2) is 95.9 Å². The summed E-state index contributed by atoms with van der Waals surface area (Å²) in [7, 11) is -9.81. The van der Waals surface area contributed by atoms with Gasteiger partial charge in [-0.15, -0.1) is 0 Å². The van der Waals surface area contributed by atoms with Gasteiger partial charge in [0.15, 0.2) is 6.10 Å². The molecule has 0 amide bonds. The van der Waals surface area contributed by atoms with Gasteiger partial charge in [-0.25, -0.2) is 9.13 Å². The third-order valence-electron chi connectivity index (χ3n) is 19.7. The standard InChI is InChI=1S/C99H170O16P2/c1-4-7-10-13-16-19-22-25-28-30-32-34-36-38-40-42-44-45-46-47-49-51-52-54-56-58-60-62-65-67-70-73-76-79-82-85-97(102)109-88-94(100)89-111-116(105,106)112-90-95(101)91-113-117(107,108)114-93-96(115-99(104)87-84-81-78-75-72-69-64-27-24-21-18-15-12-9-6-3)92-110-98(103)86-83-80-77-74-71-68-66-63-61-59-57-55-53-50-48-43-41-39-37-35-33-31-29-26-23-20-17-14-11-8-5-2/h7,9-10,12,16-21,25-29,32-35,38-41,44-45,64,94-96,100-101H,4-6,8,11,13-15,22-24,30-31,36-37,42-43,46-63,65-93H2,1-3H3,(H,105,106)(H,107,108)/b10-7-,12-9-,19-16-,20-17-,21-18-,28-25-,29-26-,34-32-,35-33-,40-38-,41-39-,45-44-,64-27-.